The molecule has 4 N–H and O–H groups in total. The molecule has 7 heteroatoms. The van der Waals surface area contributed by atoms with Gasteiger partial charge < -0.3 is 20.4 Å². The Hall–Kier alpha value is 0.0300. The number of hydrogen-bond donors (Lipinski definition) is 4. The number of phosphoric acid groups is 1. The summed E-state index contributed by atoms with van der Waals surface area (Å²) >= 11 is 0. The molecule has 0 atom stereocenters. The largest absolute Gasteiger partial charge is 0.469 e. The van der Waals surface area contributed by atoms with E-state index in [1.165, 1.54) is 0 Å². The SMILES string of the molecule is CNC(COP(=O)(O)O)NC. The van der Waals surface area contributed by atoms with E-state index in [2.05, 4.69) is 15.2 Å². The summed E-state index contributed by atoms with van der Waals surface area (Å²) < 4.78 is 14.4. The van der Waals surface area contributed by atoms with Gasteiger partial charge in [-0.2, -0.15) is 0 Å². The lowest BCUT2D eigenvalue weighted by molar-refractivity contribution is 0.172. The van der Waals surface area contributed by atoms with Crippen LogP contribution >= 0.6 is 7.82 Å². The van der Waals surface area contributed by atoms with Gasteiger partial charge in [0.05, 0.1) is 12.8 Å². The van der Waals surface area contributed by atoms with Crippen molar-refractivity contribution in [3.05, 3.63) is 0 Å². The molecule has 11 heavy (non-hydrogen) atoms. The van der Waals surface area contributed by atoms with E-state index in [1.54, 1.807) is 14.1 Å². The first kappa shape index (κ1) is 11.0. The van der Waals surface area contributed by atoms with Crippen LogP contribution in [0.2, 0.25) is 0 Å². The Kier molecular flexibility index (Phi) is 4.83. The quantitative estimate of drug-likeness (QED) is 0.319. The van der Waals surface area contributed by atoms with Crippen molar-refractivity contribution in [2.45, 2.75) is 6.17 Å². The zero-order valence-corrected chi connectivity index (χ0v) is 7.34. The van der Waals surface area contributed by atoms with Crippen molar-refractivity contribution in [3.8, 4) is 0 Å². The van der Waals surface area contributed by atoms with Gasteiger partial charge in [0.1, 0.15) is 0 Å². The van der Waals surface area contributed by atoms with Crippen molar-refractivity contribution in [3.63, 3.8) is 0 Å². The van der Waals surface area contributed by atoms with Crippen molar-refractivity contribution >= 4 is 7.82 Å². The Labute approximate surface area is 65.2 Å². The lowest BCUT2D eigenvalue weighted by Gasteiger charge is -2.14. The minimum absolute atomic E-state index is 0.0721. The number of phosphoric ester groups is 1. The van der Waals surface area contributed by atoms with Crippen LogP contribution in [0.3, 0.4) is 0 Å². The molecule has 0 aliphatic heterocycles. The first-order valence-corrected chi connectivity index (χ1v) is 4.57. The van der Waals surface area contributed by atoms with Crippen LogP contribution in [0.15, 0.2) is 0 Å². The van der Waals surface area contributed by atoms with Crippen molar-refractivity contribution < 1.29 is 18.9 Å². The second-order valence-electron chi connectivity index (χ2n) is 1.92. The molecule has 0 amide bonds. The van der Waals surface area contributed by atoms with Gasteiger partial charge in [0, 0.05) is 0 Å². The Morgan fingerprint density at radius 1 is 1.45 bits per heavy atom. The average Bonchev–Trinajstić information content (AvgIpc) is 1.88. The smallest absolute Gasteiger partial charge is 0.303 e. The van der Waals surface area contributed by atoms with Crippen LogP contribution in [0.1, 0.15) is 0 Å². The zero-order chi connectivity index (χ0) is 8.91. The standard InChI is InChI=1S/C4H13N2O4P/c1-5-4(6-2)3-10-11(7,8)9/h4-6H,3H2,1-2H3,(H2,7,8,9). The second-order valence-corrected chi connectivity index (χ2v) is 3.16. The summed E-state index contributed by atoms with van der Waals surface area (Å²) in [6, 6.07) is 0. The molecule has 0 aromatic rings. The predicted octanol–water partition coefficient (Wildman–Crippen LogP) is -1.14. The summed E-state index contributed by atoms with van der Waals surface area (Å²) in [5, 5.41) is 5.49. The Morgan fingerprint density at radius 3 is 2.18 bits per heavy atom. The molecule has 0 radical (unpaired) electrons. The maximum Gasteiger partial charge on any atom is 0.469 e. The predicted molar refractivity (Wildman–Crippen MR) is 39.9 cm³/mol. The van der Waals surface area contributed by atoms with E-state index in [9.17, 15) is 4.57 Å². The van der Waals surface area contributed by atoms with Gasteiger partial charge in [-0.05, 0) is 14.1 Å². The Balaban J connectivity index is 3.59. The van der Waals surface area contributed by atoms with Crippen LogP contribution in [0.4, 0.5) is 0 Å². The van der Waals surface area contributed by atoms with Gasteiger partial charge in [-0.1, -0.05) is 0 Å². The highest BCUT2D eigenvalue weighted by atomic mass is 31.2. The first-order valence-electron chi connectivity index (χ1n) is 3.04. The fourth-order valence-electron chi connectivity index (χ4n) is 0.483. The van der Waals surface area contributed by atoms with E-state index >= 15 is 0 Å². The average molecular weight is 184 g/mol. The normalized spacial score (nSPS) is 12.5. The van der Waals surface area contributed by atoms with E-state index in [-0.39, 0.29) is 12.8 Å². The van der Waals surface area contributed by atoms with Gasteiger partial charge in [0.15, 0.2) is 0 Å². The zero-order valence-electron chi connectivity index (χ0n) is 6.44. The highest BCUT2D eigenvalue weighted by Crippen LogP contribution is 2.35. The fraction of sp³-hybridized carbons (Fsp3) is 1.00. The van der Waals surface area contributed by atoms with E-state index in [0.29, 0.717) is 0 Å². The van der Waals surface area contributed by atoms with Crippen molar-refractivity contribution in [1.82, 2.24) is 10.6 Å². The van der Waals surface area contributed by atoms with Crippen LogP contribution in [-0.4, -0.2) is 36.7 Å². The lowest BCUT2D eigenvalue weighted by Crippen LogP contribution is -2.41. The van der Waals surface area contributed by atoms with Gasteiger partial charge >= 0.3 is 7.82 Å². The summed E-state index contributed by atoms with van der Waals surface area (Å²) in [7, 11) is -1.01. The van der Waals surface area contributed by atoms with E-state index in [0.717, 1.165) is 0 Å². The second kappa shape index (κ2) is 4.82. The first-order chi connectivity index (χ1) is 4.99. The van der Waals surface area contributed by atoms with E-state index in [4.69, 9.17) is 9.79 Å². The van der Waals surface area contributed by atoms with E-state index < -0.39 is 7.82 Å². The molecule has 0 saturated carbocycles. The molecule has 0 rings (SSSR count). The maximum absolute atomic E-state index is 10.2. The summed E-state index contributed by atoms with van der Waals surface area (Å²) in [6.07, 6.45) is -0.248. The van der Waals surface area contributed by atoms with Gasteiger partial charge in [-0.15, -0.1) is 0 Å². The van der Waals surface area contributed by atoms with Crippen molar-refractivity contribution in [2.24, 2.45) is 0 Å². The van der Waals surface area contributed by atoms with Crippen molar-refractivity contribution in [2.75, 3.05) is 20.7 Å². The molecule has 0 saturated heterocycles. The molecule has 68 valence electrons. The summed E-state index contributed by atoms with van der Waals surface area (Å²) in [5.74, 6) is 0. The van der Waals surface area contributed by atoms with Crippen LogP contribution < -0.4 is 10.6 Å². The molecule has 0 aromatic carbocycles. The van der Waals surface area contributed by atoms with Crippen LogP contribution in [0, 0.1) is 0 Å². The summed E-state index contributed by atoms with van der Waals surface area (Å²) in [4.78, 5) is 16.6. The Bertz CT molecular complexity index is 143. The highest BCUT2D eigenvalue weighted by molar-refractivity contribution is 7.46. The topological polar surface area (TPSA) is 90.8 Å². The number of likely N-dealkylation sites (N-methyl/N-ethyl adjacent to an activating group) is 2. The van der Waals surface area contributed by atoms with Gasteiger partial charge in [-0.3, -0.25) is 4.52 Å². The minimum atomic E-state index is -4.33. The third-order valence-corrected chi connectivity index (χ3v) is 1.59. The monoisotopic (exact) mass is 184 g/mol. The number of nitrogens with one attached hydrogen (secondary N) is 2. The number of hydrogen-bond acceptors (Lipinski definition) is 4. The lowest BCUT2D eigenvalue weighted by atomic mass is 10.5. The molecule has 0 unspecified atom stereocenters. The van der Waals surface area contributed by atoms with Crippen LogP contribution in [0.25, 0.3) is 0 Å². The molecule has 0 fully saturated rings. The molecule has 0 bridgehead atoms. The van der Waals surface area contributed by atoms with Crippen LogP contribution in [-0.2, 0) is 9.09 Å². The Morgan fingerprint density at radius 2 is 1.91 bits per heavy atom. The molecule has 0 aliphatic carbocycles. The molecule has 0 aliphatic rings. The highest BCUT2D eigenvalue weighted by Gasteiger charge is 2.15. The maximum atomic E-state index is 10.2. The molecule has 0 heterocycles. The van der Waals surface area contributed by atoms with Gasteiger partial charge in [-0.25, -0.2) is 4.57 Å². The molecule has 6 nitrogen and oxygen atoms in total. The van der Waals surface area contributed by atoms with Crippen LogP contribution in [0.5, 0.6) is 0 Å². The molecular formula is C4H13N2O4P. The third-order valence-electron chi connectivity index (χ3n) is 1.11. The van der Waals surface area contributed by atoms with Gasteiger partial charge in [0.2, 0.25) is 0 Å². The van der Waals surface area contributed by atoms with E-state index in [1.807, 2.05) is 0 Å². The van der Waals surface area contributed by atoms with Crippen molar-refractivity contribution in [1.29, 1.82) is 0 Å². The summed E-state index contributed by atoms with van der Waals surface area (Å²) in [5.41, 5.74) is 0. The number of rotatable bonds is 5. The minimum Gasteiger partial charge on any atom is -0.303 e. The van der Waals surface area contributed by atoms with Gasteiger partial charge in [0.25, 0.3) is 0 Å². The molecule has 0 aromatic heterocycles. The molecule has 0 spiro atoms. The third kappa shape index (κ3) is 6.43. The fourth-order valence-corrected chi connectivity index (χ4v) is 0.826. The summed E-state index contributed by atoms with van der Waals surface area (Å²) in [6.45, 7) is -0.0721. The molecular weight excluding hydrogens is 171 g/mol.